The van der Waals surface area contributed by atoms with Crippen molar-refractivity contribution >= 4 is 40.0 Å². The molecule has 1 aliphatic rings. The van der Waals surface area contributed by atoms with Crippen LogP contribution in [0.5, 0.6) is 0 Å². The second-order valence-corrected chi connectivity index (χ2v) is 8.03. The van der Waals surface area contributed by atoms with E-state index in [1.54, 1.807) is 6.07 Å². The number of aliphatic imine (C=N–C) groups is 1. The Balaban J connectivity index is 0.00000364. The molecule has 0 radical (unpaired) electrons. The monoisotopic (exact) mass is 511 g/mol. The van der Waals surface area contributed by atoms with E-state index in [-0.39, 0.29) is 35.4 Å². The molecule has 0 amide bonds. The summed E-state index contributed by atoms with van der Waals surface area (Å²) in [7, 11) is -1.60. The summed E-state index contributed by atoms with van der Waals surface area (Å²) in [5.41, 5.74) is 0. The molecule has 1 fully saturated rings. The van der Waals surface area contributed by atoms with Gasteiger partial charge in [-0.15, -0.1) is 24.0 Å². The van der Waals surface area contributed by atoms with E-state index in [4.69, 9.17) is 4.74 Å². The molecule has 0 aliphatic heterocycles. The Morgan fingerprint density at radius 1 is 1.44 bits per heavy atom. The van der Waals surface area contributed by atoms with Crippen molar-refractivity contribution in [3.05, 3.63) is 24.5 Å². The first-order valence-electron chi connectivity index (χ1n) is 9.00. The second kappa shape index (κ2) is 12.5. The van der Waals surface area contributed by atoms with Crippen molar-refractivity contribution < 1.29 is 13.2 Å². The van der Waals surface area contributed by atoms with Crippen LogP contribution in [0.4, 0.5) is 0 Å². The highest BCUT2D eigenvalue weighted by molar-refractivity contribution is 14.0. The summed E-state index contributed by atoms with van der Waals surface area (Å²) in [5.74, 6) is 1.50. The van der Waals surface area contributed by atoms with Gasteiger partial charge in [0, 0.05) is 45.7 Å². The van der Waals surface area contributed by atoms with Crippen molar-refractivity contribution in [3.63, 3.8) is 0 Å². The summed E-state index contributed by atoms with van der Waals surface area (Å²) in [5, 5.41) is 3.21. The maximum absolute atomic E-state index is 12.1. The van der Waals surface area contributed by atoms with Crippen molar-refractivity contribution in [2.45, 2.75) is 24.7 Å². The van der Waals surface area contributed by atoms with Crippen LogP contribution in [0, 0.1) is 5.92 Å². The zero-order valence-corrected chi connectivity index (χ0v) is 19.1. The van der Waals surface area contributed by atoms with Gasteiger partial charge in [-0.1, -0.05) is 0 Å². The van der Waals surface area contributed by atoms with Gasteiger partial charge in [-0.05, 0) is 37.8 Å². The van der Waals surface area contributed by atoms with E-state index >= 15 is 0 Å². The van der Waals surface area contributed by atoms with E-state index in [1.165, 1.54) is 31.3 Å². The normalized spacial score (nSPS) is 14.5. The van der Waals surface area contributed by atoms with Crippen LogP contribution in [-0.2, 0) is 14.8 Å². The Morgan fingerprint density at radius 2 is 2.22 bits per heavy atom. The quantitative estimate of drug-likeness (QED) is 0.201. The lowest BCUT2D eigenvalue weighted by Crippen LogP contribution is -2.41. The minimum absolute atomic E-state index is 0. The Hall–Kier alpha value is -0.980. The molecule has 0 saturated heterocycles. The molecule has 1 aromatic rings. The molecule has 0 unspecified atom stereocenters. The highest BCUT2D eigenvalue weighted by Gasteiger charge is 2.21. The molecule has 1 aliphatic carbocycles. The van der Waals surface area contributed by atoms with Crippen LogP contribution < -0.4 is 10.0 Å². The Morgan fingerprint density at radius 3 is 2.85 bits per heavy atom. The van der Waals surface area contributed by atoms with Crippen LogP contribution in [0.2, 0.25) is 0 Å². The number of nitrogens with one attached hydrogen (secondary N) is 2. The number of aromatic nitrogens is 1. The lowest BCUT2D eigenvalue weighted by Gasteiger charge is -2.22. The number of sulfonamides is 1. The van der Waals surface area contributed by atoms with Gasteiger partial charge < -0.3 is 15.0 Å². The third-order valence-electron chi connectivity index (χ3n) is 3.93. The van der Waals surface area contributed by atoms with Gasteiger partial charge >= 0.3 is 0 Å². The number of nitrogens with zero attached hydrogens (tertiary/aromatic N) is 3. The fourth-order valence-corrected chi connectivity index (χ4v) is 3.23. The third-order valence-corrected chi connectivity index (χ3v) is 5.37. The number of ether oxygens (including phenoxy) is 1. The summed E-state index contributed by atoms with van der Waals surface area (Å²) >= 11 is 0. The zero-order valence-electron chi connectivity index (χ0n) is 15.9. The number of likely N-dealkylation sites (N-methyl/N-ethyl adjacent to an activating group) is 1. The highest BCUT2D eigenvalue weighted by atomic mass is 127. The van der Waals surface area contributed by atoms with Crippen molar-refractivity contribution in [1.29, 1.82) is 0 Å². The molecule has 154 valence electrons. The average molecular weight is 511 g/mol. The predicted octanol–water partition coefficient (Wildman–Crippen LogP) is 1.30. The van der Waals surface area contributed by atoms with Crippen molar-refractivity contribution in [2.75, 3.05) is 46.4 Å². The lowest BCUT2D eigenvalue weighted by atomic mass is 10.5. The SMILES string of the molecule is CCNC(=NCCNS(=O)(=O)c1cccnc1)N(C)CCOCC1CC1.I. The van der Waals surface area contributed by atoms with Crippen LogP contribution in [0.1, 0.15) is 19.8 Å². The first-order chi connectivity index (χ1) is 12.5. The molecular formula is C17H30IN5O3S. The Kier molecular flexibility index (Phi) is 11.1. The van der Waals surface area contributed by atoms with Crippen LogP contribution >= 0.6 is 24.0 Å². The van der Waals surface area contributed by atoms with E-state index < -0.39 is 10.0 Å². The fourth-order valence-electron chi connectivity index (χ4n) is 2.24. The van der Waals surface area contributed by atoms with E-state index in [2.05, 4.69) is 20.0 Å². The number of rotatable bonds is 11. The molecule has 10 heteroatoms. The second-order valence-electron chi connectivity index (χ2n) is 6.26. The highest BCUT2D eigenvalue weighted by Crippen LogP contribution is 2.28. The summed E-state index contributed by atoms with van der Waals surface area (Å²) < 4.78 is 32.4. The van der Waals surface area contributed by atoms with Crippen LogP contribution in [-0.4, -0.2) is 70.7 Å². The van der Waals surface area contributed by atoms with Crippen molar-refractivity contribution in [1.82, 2.24) is 19.9 Å². The summed E-state index contributed by atoms with van der Waals surface area (Å²) in [6.07, 6.45) is 5.44. The molecule has 2 N–H and O–H groups in total. The van der Waals surface area contributed by atoms with Gasteiger partial charge in [-0.25, -0.2) is 13.1 Å². The van der Waals surface area contributed by atoms with E-state index in [0.29, 0.717) is 13.2 Å². The van der Waals surface area contributed by atoms with Gasteiger partial charge in [0.2, 0.25) is 10.0 Å². The molecule has 1 saturated carbocycles. The molecule has 1 aromatic heterocycles. The minimum Gasteiger partial charge on any atom is -0.379 e. The standard InChI is InChI=1S/C17H29N5O3S.HI/c1-3-19-17(22(2)11-12-25-14-15-6-7-15)20-9-10-21-26(23,24)16-5-4-8-18-13-16;/h4-5,8,13,15,21H,3,6-7,9-12,14H2,1-2H3,(H,19,20);1H. The average Bonchev–Trinajstić information content (AvgIpc) is 3.46. The van der Waals surface area contributed by atoms with Crippen LogP contribution in [0.3, 0.4) is 0 Å². The molecule has 0 bridgehead atoms. The van der Waals surface area contributed by atoms with Gasteiger partial charge in [0.1, 0.15) is 4.90 Å². The number of hydrogen-bond acceptors (Lipinski definition) is 5. The molecule has 8 nitrogen and oxygen atoms in total. The third kappa shape index (κ3) is 9.17. The van der Waals surface area contributed by atoms with E-state index in [0.717, 1.165) is 31.6 Å². The molecule has 0 spiro atoms. The minimum atomic E-state index is -3.55. The number of halogens is 1. The number of guanidine groups is 1. The van der Waals surface area contributed by atoms with Crippen LogP contribution in [0.15, 0.2) is 34.4 Å². The summed E-state index contributed by atoms with van der Waals surface area (Å²) in [6.45, 7) is 5.54. The first kappa shape index (κ1) is 24.1. The largest absolute Gasteiger partial charge is 0.379 e. The molecule has 1 heterocycles. The molecule has 0 aromatic carbocycles. The summed E-state index contributed by atoms with van der Waals surface area (Å²) in [4.78, 5) is 10.4. The van der Waals surface area contributed by atoms with Crippen LogP contribution in [0.25, 0.3) is 0 Å². The van der Waals surface area contributed by atoms with Gasteiger partial charge in [0.05, 0.1) is 13.2 Å². The fraction of sp³-hybridized carbons (Fsp3) is 0.647. The summed E-state index contributed by atoms with van der Waals surface area (Å²) in [6, 6.07) is 3.11. The molecular weight excluding hydrogens is 481 g/mol. The maximum atomic E-state index is 12.1. The maximum Gasteiger partial charge on any atom is 0.242 e. The Bertz CT molecular complexity index is 668. The lowest BCUT2D eigenvalue weighted by molar-refractivity contribution is 0.115. The van der Waals surface area contributed by atoms with Gasteiger partial charge in [-0.3, -0.25) is 9.98 Å². The predicted molar refractivity (Wildman–Crippen MR) is 117 cm³/mol. The van der Waals surface area contributed by atoms with E-state index in [9.17, 15) is 8.42 Å². The van der Waals surface area contributed by atoms with Crippen molar-refractivity contribution in [2.24, 2.45) is 10.9 Å². The Labute approximate surface area is 179 Å². The smallest absolute Gasteiger partial charge is 0.242 e. The molecule has 2 rings (SSSR count). The van der Waals surface area contributed by atoms with Gasteiger partial charge in [0.25, 0.3) is 0 Å². The molecule has 0 atom stereocenters. The topological polar surface area (TPSA) is 95.9 Å². The first-order valence-corrected chi connectivity index (χ1v) is 10.5. The zero-order chi connectivity index (χ0) is 18.8. The molecule has 27 heavy (non-hydrogen) atoms. The number of hydrogen-bond donors (Lipinski definition) is 2. The van der Waals surface area contributed by atoms with Crippen molar-refractivity contribution in [3.8, 4) is 0 Å². The van der Waals surface area contributed by atoms with Gasteiger partial charge in [0.15, 0.2) is 5.96 Å². The number of pyridine rings is 1. The van der Waals surface area contributed by atoms with Gasteiger partial charge in [-0.2, -0.15) is 0 Å². The van der Waals surface area contributed by atoms with E-state index in [1.807, 2.05) is 18.9 Å².